The summed E-state index contributed by atoms with van der Waals surface area (Å²) in [6.07, 6.45) is 5.05. The second kappa shape index (κ2) is 7.21. The Hall–Kier alpha value is -1.44. The molecule has 1 atom stereocenters. The highest BCUT2D eigenvalue weighted by Crippen LogP contribution is 2.26. The van der Waals surface area contributed by atoms with Gasteiger partial charge in [-0.2, -0.15) is 5.10 Å². The van der Waals surface area contributed by atoms with E-state index in [9.17, 15) is 4.79 Å². The first-order chi connectivity index (χ1) is 10.7. The third kappa shape index (κ3) is 4.06. The molecule has 1 aliphatic rings. The number of nitrogens with zero attached hydrogens (tertiary/aromatic N) is 3. The number of hydrogen-bond donors (Lipinski definition) is 1. The molecule has 0 amide bonds. The maximum Gasteiger partial charge on any atom is 0.186 e. The van der Waals surface area contributed by atoms with Gasteiger partial charge in [0, 0.05) is 30.3 Å². The third-order valence-electron chi connectivity index (χ3n) is 3.44. The van der Waals surface area contributed by atoms with E-state index < -0.39 is 0 Å². The lowest BCUT2D eigenvalue weighted by atomic mass is 10.0. The molecule has 1 unspecified atom stereocenters. The summed E-state index contributed by atoms with van der Waals surface area (Å²) >= 11 is 3.02. The molecule has 0 radical (unpaired) electrons. The number of nitrogens with one attached hydrogen (secondary N) is 1. The Kier molecular flexibility index (Phi) is 5.07. The number of carbonyl (C=O) groups is 1. The van der Waals surface area contributed by atoms with E-state index >= 15 is 0 Å². The fraction of sp³-hybridized carbons (Fsp3) is 0.400. The molecule has 5 nitrogen and oxygen atoms in total. The second-order valence-electron chi connectivity index (χ2n) is 5.20. The molecule has 0 spiro atoms. The quantitative estimate of drug-likeness (QED) is 0.930. The Morgan fingerprint density at radius 3 is 3.32 bits per heavy atom. The van der Waals surface area contributed by atoms with Crippen molar-refractivity contribution < 1.29 is 4.79 Å². The second-order valence-corrected chi connectivity index (χ2v) is 7.30. The van der Waals surface area contributed by atoms with Crippen LogP contribution in [0.25, 0.3) is 6.08 Å². The summed E-state index contributed by atoms with van der Waals surface area (Å²) in [5.74, 6) is 0. The zero-order valence-electron chi connectivity index (χ0n) is 12.4. The smallest absolute Gasteiger partial charge is 0.186 e. The zero-order chi connectivity index (χ0) is 15.4. The number of thioether (sulfide) groups is 1. The summed E-state index contributed by atoms with van der Waals surface area (Å²) in [5.41, 5.74) is 5.03. The standard InChI is InChI=1S/C15H18N4OS2/c1-11(20)22-15-2-4-16-7-12(15)6-13-3-5-19(18-13)8-14-9-21-10-17-14/h3,5-6,9-10,15-16H,2,4,7-8H2,1H3/b12-6+. The van der Waals surface area contributed by atoms with Gasteiger partial charge >= 0.3 is 0 Å². The number of thiazole rings is 1. The fourth-order valence-corrected chi connectivity index (χ4v) is 3.95. The van der Waals surface area contributed by atoms with Crippen molar-refractivity contribution >= 4 is 34.3 Å². The Labute approximate surface area is 137 Å². The maximum absolute atomic E-state index is 11.4. The minimum absolute atomic E-state index is 0.173. The van der Waals surface area contributed by atoms with Crippen molar-refractivity contribution in [2.45, 2.75) is 25.1 Å². The lowest BCUT2D eigenvalue weighted by Gasteiger charge is -2.24. The average Bonchev–Trinajstić information content (AvgIpc) is 3.13. The highest BCUT2D eigenvalue weighted by molar-refractivity contribution is 8.14. The number of aromatic nitrogens is 3. The molecule has 1 N–H and O–H groups in total. The number of hydrogen-bond acceptors (Lipinski definition) is 6. The van der Waals surface area contributed by atoms with Crippen LogP contribution in [0.3, 0.4) is 0 Å². The van der Waals surface area contributed by atoms with Crippen LogP contribution in [-0.4, -0.2) is 38.2 Å². The van der Waals surface area contributed by atoms with Gasteiger partial charge < -0.3 is 5.32 Å². The molecule has 1 saturated heterocycles. The summed E-state index contributed by atoms with van der Waals surface area (Å²) < 4.78 is 1.89. The van der Waals surface area contributed by atoms with Gasteiger partial charge in [0.1, 0.15) is 0 Å². The fourth-order valence-electron chi connectivity index (χ4n) is 2.46. The van der Waals surface area contributed by atoms with Crippen LogP contribution in [0.5, 0.6) is 0 Å². The van der Waals surface area contributed by atoms with Crippen molar-refractivity contribution in [1.29, 1.82) is 0 Å². The van der Waals surface area contributed by atoms with Gasteiger partial charge in [0.05, 0.1) is 23.4 Å². The molecular weight excluding hydrogens is 316 g/mol. The number of rotatable bonds is 4. The lowest BCUT2D eigenvalue weighted by Crippen LogP contribution is -2.32. The molecule has 116 valence electrons. The molecule has 0 aliphatic carbocycles. The summed E-state index contributed by atoms with van der Waals surface area (Å²) in [7, 11) is 0. The van der Waals surface area contributed by atoms with Crippen LogP contribution in [0, 0.1) is 0 Å². The third-order valence-corrected chi connectivity index (χ3v) is 5.23. The first-order valence-corrected chi connectivity index (χ1v) is 9.02. The Morgan fingerprint density at radius 1 is 1.64 bits per heavy atom. The highest BCUT2D eigenvalue weighted by atomic mass is 32.2. The van der Waals surface area contributed by atoms with E-state index in [4.69, 9.17) is 0 Å². The van der Waals surface area contributed by atoms with Crippen molar-refractivity contribution in [3.8, 4) is 0 Å². The van der Waals surface area contributed by atoms with Gasteiger partial charge in [-0.1, -0.05) is 11.8 Å². The van der Waals surface area contributed by atoms with E-state index in [2.05, 4.69) is 21.5 Å². The summed E-state index contributed by atoms with van der Waals surface area (Å²) in [6.45, 7) is 4.11. The Morgan fingerprint density at radius 2 is 2.55 bits per heavy atom. The molecule has 0 aromatic carbocycles. The minimum Gasteiger partial charge on any atom is -0.313 e. The monoisotopic (exact) mass is 334 g/mol. The SMILES string of the molecule is CC(=O)SC1CCNC/C1=C\c1ccn(Cc2cscn2)n1. The van der Waals surface area contributed by atoms with Crippen LogP contribution in [0.15, 0.2) is 28.7 Å². The van der Waals surface area contributed by atoms with E-state index in [1.807, 2.05) is 27.8 Å². The molecule has 2 aromatic heterocycles. The minimum atomic E-state index is 0.173. The molecule has 3 heterocycles. The molecule has 3 rings (SSSR count). The summed E-state index contributed by atoms with van der Waals surface area (Å²) in [6, 6.07) is 2.00. The van der Waals surface area contributed by atoms with E-state index in [-0.39, 0.29) is 10.4 Å². The van der Waals surface area contributed by atoms with Crippen LogP contribution in [0.2, 0.25) is 0 Å². The van der Waals surface area contributed by atoms with E-state index in [1.165, 1.54) is 17.3 Å². The first-order valence-electron chi connectivity index (χ1n) is 7.19. The molecule has 1 fully saturated rings. The van der Waals surface area contributed by atoms with Gasteiger partial charge in [-0.05, 0) is 30.7 Å². The Balaban J connectivity index is 1.72. The van der Waals surface area contributed by atoms with Crippen LogP contribution >= 0.6 is 23.1 Å². The molecule has 7 heteroatoms. The predicted molar refractivity (Wildman–Crippen MR) is 91.0 cm³/mol. The highest BCUT2D eigenvalue weighted by Gasteiger charge is 2.21. The normalized spacial score (nSPS) is 20.4. The van der Waals surface area contributed by atoms with Crippen molar-refractivity contribution in [3.63, 3.8) is 0 Å². The van der Waals surface area contributed by atoms with Gasteiger partial charge in [0.15, 0.2) is 5.12 Å². The summed E-state index contributed by atoms with van der Waals surface area (Å²) in [5, 5.41) is 10.4. The first kappa shape index (κ1) is 15.5. The van der Waals surface area contributed by atoms with Crippen molar-refractivity contribution in [1.82, 2.24) is 20.1 Å². The van der Waals surface area contributed by atoms with E-state index in [0.29, 0.717) is 6.54 Å². The molecule has 0 bridgehead atoms. The van der Waals surface area contributed by atoms with Crippen molar-refractivity contribution in [2.75, 3.05) is 13.1 Å². The van der Waals surface area contributed by atoms with E-state index in [1.54, 1.807) is 18.3 Å². The van der Waals surface area contributed by atoms with Crippen LogP contribution in [0.1, 0.15) is 24.7 Å². The zero-order valence-corrected chi connectivity index (χ0v) is 14.0. The van der Waals surface area contributed by atoms with Crippen LogP contribution in [-0.2, 0) is 11.3 Å². The van der Waals surface area contributed by atoms with Crippen LogP contribution < -0.4 is 5.32 Å². The van der Waals surface area contributed by atoms with Crippen molar-refractivity contribution in [2.24, 2.45) is 0 Å². The molecular formula is C15H18N4OS2. The van der Waals surface area contributed by atoms with E-state index in [0.717, 1.165) is 30.9 Å². The van der Waals surface area contributed by atoms with Gasteiger partial charge in [0.2, 0.25) is 0 Å². The molecule has 0 saturated carbocycles. The molecule has 22 heavy (non-hydrogen) atoms. The number of carbonyl (C=O) groups excluding carboxylic acids is 1. The van der Waals surface area contributed by atoms with Gasteiger partial charge in [-0.25, -0.2) is 4.98 Å². The lowest BCUT2D eigenvalue weighted by molar-refractivity contribution is -0.109. The summed E-state index contributed by atoms with van der Waals surface area (Å²) in [4.78, 5) is 15.7. The van der Waals surface area contributed by atoms with Crippen molar-refractivity contribution in [3.05, 3.63) is 40.1 Å². The predicted octanol–water partition coefficient (Wildman–Crippen LogP) is 2.41. The van der Waals surface area contributed by atoms with Gasteiger partial charge in [-0.3, -0.25) is 9.48 Å². The molecule has 2 aromatic rings. The average molecular weight is 334 g/mol. The van der Waals surface area contributed by atoms with Gasteiger partial charge in [-0.15, -0.1) is 11.3 Å². The number of piperidine rings is 1. The van der Waals surface area contributed by atoms with Gasteiger partial charge in [0.25, 0.3) is 0 Å². The largest absolute Gasteiger partial charge is 0.313 e. The Bertz CT molecular complexity index is 663. The van der Waals surface area contributed by atoms with Crippen LogP contribution in [0.4, 0.5) is 0 Å². The topological polar surface area (TPSA) is 59.8 Å². The maximum atomic E-state index is 11.4. The molecule has 1 aliphatic heterocycles.